The van der Waals surface area contributed by atoms with Crippen LogP contribution in [0.4, 0.5) is 0 Å². The molecule has 0 bridgehead atoms. The molecule has 0 fully saturated rings. The highest BCUT2D eigenvalue weighted by Crippen LogP contribution is 2.18. The average Bonchev–Trinajstić information content (AvgIpc) is 1.96. The zero-order chi connectivity index (χ0) is 7.56. The monoisotopic (exact) mass is 150 g/mol. The molecule has 2 heteroatoms. The molecular weight excluding hydrogens is 142 g/mol. The molecule has 10 heavy (non-hydrogen) atoms. The highest BCUT2D eigenvalue weighted by atomic mass is 35.5. The topological polar surface area (TPSA) is 0 Å². The number of hydrogen-bond donors (Lipinski definition) is 0. The molecule has 1 rings (SSSR count). The first kappa shape index (κ1) is 7.68. The van der Waals surface area contributed by atoms with E-state index in [1.54, 1.807) is 0 Å². The molecule has 2 radical (unpaired) electrons. The molecule has 0 saturated heterocycles. The molecule has 1 atom stereocenters. The first-order valence-corrected chi connectivity index (χ1v) is 3.59. The minimum absolute atomic E-state index is 0.379. The van der Waals surface area contributed by atoms with E-state index in [2.05, 4.69) is 6.92 Å². The van der Waals surface area contributed by atoms with Gasteiger partial charge in [0.1, 0.15) is 7.85 Å². The highest BCUT2D eigenvalue weighted by Gasteiger charge is 1.99. The van der Waals surface area contributed by atoms with Crippen molar-refractivity contribution in [3.05, 3.63) is 34.8 Å². The lowest BCUT2D eigenvalue weighted by Crippen LogP contribution is -1.83. The second kappa shape index (κ2) is 3.11. The molecule has 0 aliphatic heterocycles. The Kier molecular flexibility index (Phi) is 2.39. The van der Waals surface area contributed by atoms with Gasteiger partial charge < -0.3 is 0 Å². The van der Waals surface area contributed by atoms with Crippen LogP contribution in [0.1, 0.15) is 6.92 Å². The van der Waals surface area contributed by atoms with Gasteiger partial charge in [0.15, 0.2) is 0 Å². The van der Waals surface area contributed by atoms with E-state index in [4.69, 9.17) is 19.4 Å². The first-order valence-electron chi connectivity index (χ1n) is 3.22. The largest absolute Gasteiger partial charge is 0.115 e. The van der Waals surface area contributed by atoms with Gasteiger partial charge in [-0.1, -0.05) is 48.3 Å². The van der Waals surface area contributed by atoms with Crippen molar-refractivity contribution in [1.82, 2.24) is 0 Å². The van der Waals surface area contributed by atoms with E-state index in [1.807, 2.05) is 24.3 Å². The van der Waals surface area contributed by atoms with Crippen molar-refractivity contribution in [1.29, 1.82) is 0 Å². The van der Waals surface area contributed by atoms with Crippen LogP contribution >= 0.6 is 11.6 Å². The van der Waals surface area contributed by atoms with Crippen molar-refractivity contribution in [2.45, 2.75) is 6.92 Å². The van der Waals surface area contributed by atoms with E-state index in [9.17, 15) is 0 Å². The molecule has 1 aliphatic carbocycles. The number of hydrogen-bond acceptors (Lipinski definition) is 0. The van der Waals surface area contributed by atoms with Gasteiger partial charge in [0, 0.05) is 5.03 Å². The van der Waals surface area contributed by atoms with Gasteiger partial charge in [0.25, 0.3) is 0 Å². The van der Waals surface area contributed by atoms with Crippen molar-refractivity contribution in [3.8, 4) is 0 Å². The predicted octanol–water partition coefficient (Wildman–Crippen LogP) is 2.37. The lowest BCUT2D eigenvalue weighted by Gasteiger charge is -1.97. The first-order chi connectivity index (χ1) is 4.70. The van der Waals surface area contributed by atoms with Gasteiger partial charge in [-0.15, -0.1) is 0 Å². The number of rotatable bonds is 0. The maximum absolute atomic E-state index is 5.79. The van der Waals surface area contributed by atoms with Crippen LogP contribution in [0.15, 0.2) is 34.8 Å². The van der Waals surface area contributed by atoms with Crippen LogP contribution in [0, 0.1) is 5.92 Å². The summed E-state index contributed by atoms with van der Waals surface area (Å²) < 4.78 is 0. The van der Waals surface area contributed by atoms with E-state index < -0.39 is 0 Å². The molecule has 50 valence electrons. The van der Waals surface area contributed by atoms with Crippen LogP contribution in [-0.2, 0) is 0 Å². The molecule has 0 saturated carbocycles. The van der Waals surface area contributed by atoms with Crippen LogP contribution in [0.5, 0.6) is 0 Å². The standard InChI is InChI=1S/C8H8BCl/c1-6-3-2-4-7(9)8(10)5-6/h2-6H,1H3. The molecule has 0 amide bonds. The van der Waals surface area contributed by atoms with Gasteiger partial charge in [-0.25, -0.2) is 0 Å². The Morgan fingerprint density at radius 2 is 2.30 bits per heavy atom. The van der Waals surface area contributed by atoms with Crippen molar-refractivity contribution in [3.63, 3.8) is 0 Å². The summed E-state index contributed by atoms with van der Waals surface area (Å²) in [5.74, 6) is 0.379. The van der Waals surface area contributed by atoms with Crippen LogP contribution in [0.25, 0.3) is 0 Å². The van der Waals surface area contributed by atoms with E-state index in [1.165, 1.54) is 0 Å². The molecule has 0 heterocycles. The quantitative estimate of drug-likeness (QED) is 0.465. The van der Waals surface area contributed by atoms with Gasteiger partial charge in [0.2, 0.25) is 0 Å². The molecule has 0 spiro atoms. The minimum atomic E-state index is 0.379. The van der Waals surface area contributed by atoms with E-state index >= 15 is 0 Å². The van der Waals surface area contributed by atoms with Gasteiger partial charge >= 0.3 is 0 Å². The molecule has 1 aliphatic rings. The Hall–Kier alpha value is -0.425. The summed E-state index contributed by atoms with van der Waals surface area (Å²) in [4.78, 5) is 0. The van der Waals surface area contributed by atoms with Gasteiger partial charge in [0.05, 0.1) is 0 Å². The fourth-order valence-corrected chi connectivity index (χ4v) is 1.06. The molecule has 0 nitrogen and oxygen atoms in total. The zero-order valence-corrected chi connectivity index (χ0v) is 6.60. The normalized spacial score (nSPS) is 25.2. The summed E-state index contributed by atoms with van der Waals surface area (Å²) in [6, 6.07) is 0. The Balaban J connectivity index is 2.90. The molecule has 1 unspecified atom stereocenters. The van der Waals surface area contributed by atoms with Crippen molar-refractivity contribution < 1.29 is 0 Å². The van der Waals surface area contributed by atoms with Gasteiger partial charge in [-0.05, 0) is 5.92 Å². The van der Waals surface area contributed by atoms with Crippen molar-refractivity contribution >= 4 is 19.4 Å². The number of allylic oxidation sites excluding steroid dienone is 6. The lowest BCUT2D eigenvalue weighted by atomic mass is 9.95. The fourth-order valence-electron chi connectivity index (χ4n) is 0.797. The SMILES string of the molecule is [B]C1=CC=CC(C)C=C1Cl. The third-order valence-corrected chi connectivity index (χ3v) is 1.72. The number of halogens is 1. The Bertz CT molecular complexity index is 213. The minimum Gasteiger partial charge on any atom is -0.0853 e. The van der Waals surface area contributed by atoms with Crippen LogP contribution < -0.4 is 0 Å². The highest BCUT2D eigenvalue weighted by molar-refractivity contribution is 6.40. The average molecular weight is 150 g/mol. The van der Waals surface area contributed by atoms with E-state index in [0.29, 0.717) is 16.4 Å². The third-order valence-electron chi connectivity index (χ3n) is 1.38. The van der Waals surface area contributed by atoms with Crippen LogP contribution in [0.2, 0.25) is 0 Å². The second-order valence-corrected chi connectivity index (χ2v) is 2.79. The van der Waals surface area contributed by atoms with Crippen LogP contribution in [-0.4, -0.2) is 7.85 Å². The summed E-state index contributed by atoms with van der Waals surface area (Å²) >= 11 is 5.79. The molecule has 0 aromatic carbocycles. The smallest absolute Gasteiger partial charge is 0.0853 e. The molecule has 0 N–H and O–H groups in total. The van der Waals surface area contributed by atoms with Crippen molar-refractivity contribution in [2.24, 2.45) is 5.92 Å². The van der Waals surface area contributed by atoms with Gasteiger partial charge in [-0.2, -0.15) is 0 Å². The predicted molar refractivity (Wildman–Crippen MR) is 46.1 cm³/mol. The summed E-state index contributed by atoms with van der Waals surface area (Å²) in [6.07, 6.45) is 7.70. The maximum atomic E-state index is 5.79. The Morgan fingerprint density at radius 1 is 1.60 bits per heavy atom. The summed E-state index contributed by atoms with van der Waals surface area (Å²) in [5.41, 5.74) is 0.641. The fraction of sp³-hybridized carbons (Fsp3) is 0.250. The summed E-state index contributed by atoms with van der Waals surface area (Å²) in [6.45, 7) is 2.06. The Morgan fingerprint density at radius 3 is 3.00 bits per heavy atom. The third kappa shape index (κ3) is 1.78. The lowest BCUT2D eigenvalue weighted by molar-refractivity contribution is 0.940. The van der Waals surface area contributed by atoms with E-state index in [0.717, 1.165) is 0 Å². The zero-order valence-electron chi connectivity index (χ0n) is 5.84. The molecular formula is C8H8BCl. The second-order valence-electron chi connectivity index (χ2n) is 2.38. The molecule has 0 aromatic heterocycles. The van der Waals surface area contributed by atoms with Crippen molar-refractivity contribution in [2.75, 3.05) is 0 Å². The summed E-state index contributed by atoms with van der Waals surface area (Å²) in [5, 5.41) is 0.650. The van der Waals surface area contributed by atoms with Gasteiger partial charge in [-0.3, -0.25) is 0 Å². The maximum Gasteiger partial charge on any atom is 0.115 e. The van der Waals surface area contributed by atoms with Crippen LogP contribution in [0.3, 0.4) is 0 Å². The summed E-state index contributed by atoms with van der Waals surface area (Å²) in [7, 11) is 5.55. The van der Waals surface area contributed by atoms with E-state index in [-0.39, 0.29) is 0 Å². The molecule has 0 aromatic rings. The Labute approximate surface area is 67.7 Å².